The van der Waals surface area contributed by atoms with E-state index in [-0.39, 0.29) is 0 Å². The average molecular weight is 229 g/mol. The van der Waals surface area contributed by atoms with Crippen LogP contribution in [0, 0.1) is 13.8 Å². The Morgan fingerprint density at radius 2 is 1.60 bits per heavy atom. The Labute approximate surface area is 96.3 Å². The zero-order chi connectivity index (χ0) is 12.4. The van der Waals surface area contributed by atoms with Gasteiger partial charge in [0.2, 0.25) is 0 Å². The van der Waals surface area contributed by atoms with Crippen molar-refractivity contribution in [2.24, 2.45) is 5.73 Å². The first-order chi connectivity index (χ1) is 7.11. The Hall–Kier alpha value is -0.670. The van der Waals surface area contributed by atoms with Crippen molar-refractivity contribution in [3.8, 4) is 0 Å². The fourth-order valence-electron chi connectivity index (χ4n) is 1.12. The molecule has 0 fully saturated rings. The predicted octanol–water partition coefficient (Wildman–Crippen LogP) is 2.64. The van der Waals surface area contributed by atoms with E-state index in [0.717, 1.165) is 10.5 Å². The fraction of sp³-hybridized carbons (Fsp3) is 0.500. The second-order valence-corrected chi connectivity index (χ2v) is 4.07. The molecule has 2 N–H and O–H groups in total. The van der Waals surface area contributed by atoms with Crippen LogP contribution < -0.4 is 5.73 Å². The highest BCUT2D eigenvalue weighted by molar-refractivity contribution is 7.84. The van der Waals surface area contributed by atoms with Crippen molar-refractivity contribution >= 4 is 10.8 Å². The molecule has 1 unspecified atom stereocenters. The molecule has 0 aliphatic heterocycles. The molecule has 3 heteroatoms. The van der Waals surface area contributed by atoms with Gasteiger partial charge in [0.1, 0.15) is 0 Å². The van der Waals surface area contributed by atoms with Crippen LogP contribution in [0.4, 0.5) is 0 Å². The Kier molecular flexibility index (Phi) is 11.0. The standard InChI is InChI=1S/C9H12OS.C2H6.CH5N/c1-7-4-5-9(11(3)10)8(2)6-7;2*1-2/h4-6H,1-3H3;1-2H3;2H2,1H3. The van der Waals surface area contributed by atoms with E-state index in [2.05, 4.69) is 11.8 Å². The van der Waals surface area contributed by atoms with Gasteiger partial charge in [0.25, 0.3) is 0 Å². The van der Waals surface area contributed by atoms with E-state index in [4.69, 9.17) is 0 Å². The topological polar surface area (TPSA) is 43.1 Å². The lowest BCUT2D eigenvalue weighted by Crippen LogP contribution is -1.91. The summed E-state index contributed by atoms with van der Waals surface area (Å²) in [6.45, 7) is 8.03. The van der Waals surface area contributed by atoms with Gasteiger partial charge in [-0.25, -0.2) is 0 Å². The third-order valence-corrected chi connectivity index (χ3v) is 2.72. The highest BCUT2D eigenvalue weighted by atomic mass is 32.2. The average Bonchev–Trinajstić information content (AvgIpc) is 2.23. The van der Waals surface area contributed by atoms with Crippen molar-refractivity contribution in [3.63, 3.8) is 0 Å². The summed E-state index contributed by atoms with van der Waals surface area (Å²) in [7, 11) is 0.651. The van der Waals surface area contributed by atoms with Crippen molar-refractivity contribution in [1.82, 2.24) is 0 Å². The monoisotopic (exact) mass is 229 g/mol. The van der Waals surface area contributed by atoms with Gasteiger partial charge in [0, 0.05) is 11.2 Å². The first kappa shape index (κ1) is 16.7. The molecule has 0 spiro atoms. The lowest BCUT2D eigenvalue weighted by molar-refractivity contribution is 0.686. The molecule has 1 atom stereocenters. The van der Waals surface area contributed by atoms with E-state index in [0.29, 0.717) is 0 Å². The molecule has 1 rings (SSSR count). The van der Waals surface area contributed by atoms with Gasteiger partial charge in [0.05, 0.1) is 10.8 Å². The van der Waals surface area contributed by atoms with Crippen LogP contribution in [0.5, 0.6) is 0 Å². The molecule has 0 bridgehead atoms. The minimum absolute atomic E-state index is 0.849. The fourth-order valence-corrected chi connectivity index (χ4v) is 1.89. The largest absolute Gasteiger partial charge is 0.333 e. The normalized spacial score (nSPS) is 10.3. The second kappa shape index (κ2) is 9.87. The van der Waals surface area contributed by atoms with E-state index in [1.54, 1.807) is 6.26 Å². The third-order valence-electron chi connectivity index (χ3n) is 1.64. The van der Waals surface area contributed by atoms with Crippen LogP contribution >= 0.6 is 0 Å². The first-order valence-corrected chi connectivity index (χ1v) is 6.65. The van der Waals surface area contributed by atoms with Gasteiger partial charge in [0.15, 0.2) is 0 Å². The van der Waals surface area contributed by atoms with Crippen molar-refractivity contribution in [2.75, 3.05) is 13.3 Å². The Balaban J connectivity index is 0. The highest BCUT2D eigenvalue weighted by Gasteiger charge is 2.00. The van der Waals surface area contributed by atoms with E-state index >= 15 is 0 Å². The lowest BCUT2D eigenvalue weighted by atomic mass is 10.2. The van der Waals surface area contributed by atoms with Gasteiger partial charge in [-0.15, -0.1) is 0 Å². The summed E-state index contributed by atoms with van der Waals surface area (Å²) >= 11 is 0. The van der Waals surface area contributed by atoms with Gasteiger partial charge in [-0.1, -0.05) is 31.5 Å². The van der Waals surface area contributed by atoms with Gasteiger partial charge in [-0.3, -0.25) is 4.21 Å². The van der Waals surface area contributed by atoms with Crippen LogP contribution in [-0.4, -0.2) is 17.5 Å². The lowest BCUT2D eigenvalue weighted by Gasteiger charge is -2.01. The number of benzene rings is 1. The van der Waals surface area contributed by atoms with E-state index < -0.39 is 10.8 Å². The molecule has 1 aromatic rings. The van der Waals surface area contributed by atoms with Gasteiger partial charge in [-0.05, 0) is 32.5 Å². The van der Waals surface area contributed by atoms with Gasteiger partial charge < -0.3 is 5.73 Å². The number of nitrogens with two attached hydrogens (primary N) is 1. The zero-order valence-electron chi connectivity index (χ0n) is 10.6. The molecule has 88 valence electrons. The molecule has 0 saturated carbocycles. The van der Waals surface area contributed by atoms with Crippen LogP contribution in [-0.2, 0) is 10.8 Å². The maximum absolute atomic E-state index is 11.1. The molecular formula is C12H23NOS. The molecule has 1 aromatic carbocycles. The van der Waals surface area contributed by atoms with Crippen molar-refractivity contribution in [3.05, 3.63) is 29.3 Å². The number of rotatable bonds is 1. The molecule has 0 aliphatic carbocycles. The zero-order valence-corrected chi connectivity index (χ0v) is 11.4. The van der Waals surface area contributed by atoms with Gasteiger partial charge in [-0.2, -0.15) is 0 Å². The van der Waals surface area contributed by atoms with Crippen LogP contribution in [0.2, 0.25) is 0 Å². The van der Waals surface area contributed by atoms with Crippen LogP contribution in [0.3, 0.4) is 0 Å². The summed E-state index contributed by atoms with van der Waals surface area (Å²) in [5.74, 6) is 0. The second-order valence-electron chi connectivity index (χ2n) is 2.72. The van der Waals surface area contributed by atoms with Crippen molar-refractivity contribution in [2.45, 2.75) is 32.6 Å². The summed E-state index contributed by atoms with van der Waals surface area (Å²) < 4.78 is 11.1. The summed E-state index contributed by atoms with van der Waals surface area (Å²) in [5, 5.41) is 0. The summed E-state index contributed by atoms with van der Waals surface area (Å²) in [6.07, 6.45) is 1.71. The minimum Gasteiger partial charge on any atom is -0.333 e. The number of aryl methyl sites for hydroxylation is 2. The quantitative estimate of drug-likeness (QED) is 0.804. The molecule has 0 heterocycles. The Morgan fingerprint density at radius 3 is 1.93 bits per heavy atom. The molecule has 0 radical (unpaired) electrons. The van der Waals surface area contributed by atoms with E-state index in [1.807, 2.05) is 39.8 Å². The predicted molar refractivity (Wildman–Crippen MR) is 69.7 cm³/mol. The summed E-state index contributed by atoms with van der Waals surface area (Å²) in [5.41, 5.74) is 6.84. The molecule has 0 aliphatic rings. The van der Waals surface area contributed by atoms with Crippen LogP contribution in [0.25, 0.3) is 0 Å². The molecular weight excluding hydrogens is 206 g/mol. The molecule has 15 heavy (non-hydrogen) atoms. The van der Waals surface area contributed by atoms with Crippen LogP contribution in [0.15, 0.2) is 23.1 Å². The number of hydrogen-bond donors (Lipinski definition) is 1. The Morgan fingerprint density at radius 1 is 1.13 bits per heavy atom. The van der Waals surface area contributed by atoms with Crippen molar-refractivity contribution < 1.29 is 4.21 Å². The Bertz CT molecular complexity index is 298. The van der Waals surface area contributed by atoms with Gasteiger partial charge >= 0.3 is 0 Å². The third kappa shape index (κ3) is 6.42. The van der Waals surface area contributed by atoms with Crippen molar-refractivity contribution in [1.29, 1.82) is 0 Å². The summed E-state index contributed by atoms with van der Waals surface area (Å²) in [4.78, 5) is 0.940. The SMILES string of the molecule is CC.CN.Cc1ccc(S(C)=O)c(C)c1. The first-order valence-electron chi connectivity index (χ1n) is 5.09. The van der Waals surface area contributed by atoms with E-state index in [9.17, 15) is 4.21 Å². The molecule has 2 nitrogen and oxygen atoms in total. The van der Waals surface area contributed by atoms with E-state index in [1.165, 1.54) is 12.6 Å². The van der Waals surface area contributed by atoms with Crippen LogP contribution in [0.1, 0.15) is 25.0 Å². The maximum atomic E-state index is 11.1. The highest BCUT2D eigenvalue weighted by Crippen LogP contribution is 2.12. The number of hydrogen-bond acceptors (Lipinski definition) is 2. The smallest absolute Gasteiger partial charge is 0.0500 e. The maximum Gasteiger partial charge on any atom is 0.0500 e. The molecule has 0 amide bonds. The molecule has 0 aromatic heterocycles. The minimum atomic E-state index is -0.849. The summed E-state index contributed by atoms with van der Waals surface area (Å²) in [6, 6.07) is 5.97. The molecule has 0 saturated heterocycles.